The molecule has 2 aliphatic rings. The summed E-state index contributed by atoms with van der Waals surface area (Å²) in [4.78, 5) is 28.4. The Labute approximate surface area is 223 Å². The Morgan fingerprint density at radius 2 is 1.54 bits per heavy atom. The summed E-state index contributed by atoms with van der Waals surface area (Å²) in [5.41, 5.74) is 5.03. The minimum absolute atomic E-state index is 0.310. The van der Waals surface area contributed by atoms with E-state index in [9.17, 15) is 14.7 Å². The maximum atomic E-state index is 13.8. The molecule has 1 saturated heterocycles. The van der Waals surface area contributed by atoms with Crippen molar-refractivity contribution in [3.8, 4) is 11.5 Å². The molecule has 2 heterocycles. The molecule has 8 nitrogen and oxygen atoms in total. The van der Waals surface area contributed by atoms with Gasteiger partial charge in [0.15, 0.2) is 0 Å². The fourth-order valence-corrected chi connectivity index (χ4v) is 5.39. The largest absolute Gasteiger partial charge is 0.496 e. The predicted octanol–water partition coefficient (Wildman–Crippen LogP) is 4.33. The van der Waals surface area contributed by atoms with Crippen molar-refractivity contribution in [3.05, 3.63) is 95.0 Å². The second kappa shape index (κ2) is 10.4. The maximum absolute atomic E-state index is 13.8. The number of hydrogen-bond acceptors (Lipinski definition) is 7. The van der Waals surface area contributed by atoms with E-state index in [-0.39, 0.29) is 11.8 Å². The molecule has 0 aromatic heterocycles. The molecule has 190 valence electrons. The first-order chi connectivity index (χ1) is 17.9. The number of hydrogen-bond donors (Lipinski definition) is 2. The third-order valence-corrected chi connectivity index (χ3v) is 7.27. The van der Waals surface area contributed by atoms with Gasteiger partial charge in [-0.05, 0) is 46.3 Å². The van der Waals surface area contributed by atoms with Crippen molar-refractivity contribution in [3.63, 3.8) is 0 Å². The summed E-state index contributed by atoms with van der Waals surface area (Å²) in [7, 11) is 3.06. The van der Waals surface area contributed by atoms with Crippen LogP contribution in [-0.4, -0.2) is 48.2 Å². The zero-order valence-electron chi connectivity index (χ0n) is 20.2. The zero-order valence-corrected chi connectivity index (χ0v) is 21.8. The van der Waals surface area contributed by atoms with Crippen LogP contribution < -0.4 is 19.8 Å². The van der Waals surface area contributed by atoms with Crippen LogP contribution in [0.15, 0.2) is 89.4 Å². The molecule has 2 aliphatic heterocycles. The summed E-state index contributed by atoms with van der Waals surface area (Å²) in [6.45, 7) is 0. The van der Waals surface area contributed by atoms with Crippen LogP contribution in [-0.2, 0) is 9.59 Å². The molecule has 3 aromatic carbocycles. The Hall–Kier alpha value is -3.66. The van der Waals surface area contributed by atoms with Crippen molar-refractivity contribution in [2.45, 2.75) is 18.2 Å². The Morgan fingerprint density at radius 1 is 0.892 bits per heavy atom. The van der Waals surface area contributed by atoms with Crippen molar-refractivity contribution in [2.75, 3.05) is 24.5 Å². The van der Waals surface area contributed by atoms with Gasteiger partial charge in [-0.3, -0.25) is 9.59 Å². The number of carbonyl (C=O) groups excluding carboxylic acids is 2. The van der Waals surface area contributed by atoms with Crippen LogP contribution in [0.3, 0.4) is 0 Å². The fraction of sp³-hybridized carbons (Fsp3) is 0.214. The number of aliphatic hydroxyl groups excluding tert-OH is 1. The molecule has 4 unspecified atom stereocenters. The zero-order chi connectivity index (χ0) is 26.1. The first-order valence-corrected chi connectivity index (χ1v) is 12.5. The first-order valence-electron chi connectivity index (χ1n) is 11.7. The number of aliphatic hydroxyl groups is 1. The standard InChI is InChI=1S/C28H26BrN3O5/c1-36-23-16-24(37-2)21(29)15-20(23)26(33)22-14-13-19-25(32(22)30-17-9-5-3-6-10-17)28(35)31(27(19)34)18-11-7-4-8-12-18/h3-16,19,22,25-26,30,33H,1-2H3. The Bertz CT molecular complexity index is 1330. The van der Waals surface area contributed by atoms with Gasteiger partial charge in [-0.2, -0.15) is 0 Å². The van der Waals surface area contributed by atoms with Gasteiger partial charge in [0.2, 0.25) is 5.91 Å². The molecular formula is C28H26BrN3O5. The van der Waals surface area contributed by atoms with Gasteiger partial charge >= 0.3 is 0 Å². The van der Waals surface area contributed by atoms with Gasteiger partial charge in [0.1, 0.15) is 23.6 Å². The van der Waals surface area contributed by atoms with Crippen LogP contribution in [0.5, 0.6) is 11.5 Å². The summed E-state index contributed by atoms with van der Waals surface area (Å²) in [6, 6.07) is 20.1. The number of ether oxygens (including phenoxy) is 2. The van der Waals surface area contributed by atoms with Crippen molar-refractivity contribution in [2.24, 2.45) is 5.92 Å². The van der Waals surface area contributed by atoms with Gasteiger partial charge in [0, 0.05) is 17.3 Å². The number of para-hydroxylation sites is 2. The van der Waals surface area contributed by atoms with Gasteiger partial charge in [-0.25, -0.2) is 9.91 Å². The highest BCUT2D eigenvalue weighted by Gasteiger charge is 2.54. The van der Waals surface area contributed by atoms with E-state index >= 15 is 0 Å². The summed E-state index contributed by atoms with van der Waals surface area (Å²) >= 11 is 3.48. The molecule has 0 radical (unpaired) electrons. The van der Waals surface area contributed by atoms with E-state index in [2.05, 4.69) is 21.4 Å². The molecule has 1 fully saturated rings. The van der Waals surface area contributed by atoms with E-state index in [1.807, 2.05) is 36.4 Å². The van der Waals surface area contributed by atoms with Crippen LogP contribution in [0.4, 0.5) is 11.4 Å². The number of rotatable bonds is 7. The number of imide groups is 1. The van der Waals surface area contributed by atoms with Gasteiger partial charge in [0.05, 0.1) is 36.3 Å². The van der Waals surface area contributed by atoms with Crippen LogP contribution in [0.2, 0.25) is 0 Å². The number of hydrazine groups is 1. The molecule has 5 rings (SSSR count). The van der Waals surface area contributed by atoms with Gasteiger partial charge < -0.3 is 20.0 Å². The monoisotopic (exact) mass is 563 g/mol. The van der Waals surface area contributed by atoms with Crippen molar-refractivity contribution >= 4 is 39.1 Å². The Balaban J connectivity index is 1.57. The molecule has 37 heavy (non-hydrogen) atoms. The maximum Gasteiger partial charge on any atom is 0.254 e. The number of benzene rings is 3. The average molecular weight is 564 g/mol. The summed E-state index contributed by atoms with van der Waals surface area (Å²) < 4.78 is 11.6. The van der Waals surface area contributed by atoms with Crippen LogP contribution in [0, 0.1) is 5.92 Å². The number of halogens is 1. The van der Waals surface area contributed by atoms with E-state index < -0.39 is 24.1 Å². The van der Waals surface area contributed by atoms with Gasteiger partial charge in [-0.15, -0.1) is 0 Å². The average Bonchev–Trinajstić information content (AvgIpc) is 3.19. The summed E-state index contributed by atoms with van der Waals surface area (Å²) in [5.74, 6) is -0.398. The highest BCUT2D eigenvalue weighted by molar-refractivity contribution is 9.10. The third-order valence-electron chi connectivity index (χ3n) is 6.65. The lowest BCUT2D eigenvalue weighted by molar-refractivity contribution is -0.123. The number of fused-ring (bicyclic) bond motifs is 1. The fourth-order valence-electron chi connectivity index (χ4n) is 4.86. The molecular weight excluding hydrogens is 538 g/mol. The minimum atomic E-state index is -1.11. The Kier molecular flexibility index (Phi) is 7.01. The molecule has 3 aromatic rings. The van der Waals surface area contributed by atoms with E-state index in [1.54, 1.807) is 60.7 Å². The number of amides is 2. The summed E-state index contributed by atoms with van der Waals surface area (Å²) in [6.07, 6.45) is 2.37. The van der Waals surface area contributed by atoms with Crippen molar-refractivity contribution < 1.29 is 24.2 Å². The number of methoxy groups -OCH3 is 2. The number of nitrogens with one attached hydrogen (secondary N) is 1. The smallest absolute Gasteiger partial charge is 0.254 e. The molecule has 0 spiro atoms. The lowest BCUT2D eigenvalue weighted by Crippen LogP contribution is -2.55. The lowest BCUT2D eigenvalue weighted by Gasteiger charge is -2.41. The second-order valence-electron chi connectivity index (χ2n) is 8.75. The highest BCUT2D eigenvalue weighted by Crippen LogP contribution is 2.42. The number of nitrogens with zero attached hydrogens (tertiary/aromatic N) is 2. The predicted molar refractivity (Wildman–Crippen MR) is 143 cm³/mol. The van der Waals surface area contributed by atoms with Crippen LogP contribution in [0.25, 0.3) is 0 Å². The second-order valence-corrected chi connectivity index (χ2v) is 9.61. The summed E-state index contributed by atoms with van der Waals surface area (Å²) in [5, 5.41) is 13.3. The topological polar surface area (TPSA) is 91.3 Å². The molecule has 2 N–H and O–H groups in total. The van der Waals surface area contributed by atoms with E-state index in [0.29, 0.717) is 27.2 Å². The minimum Gasteiger partial charge on any atom is -0.496 e. The van der Waals surface area contributed by atoms with Crippen molar-refractivity contribution in [1.29, 1.82) is 0 Å². The van der Waals surface area contributed by atoms with Crippen molar-refractivity contribution in [1.82, 2.24) is 5.01 Å². The van der Waals surface area contributed by atoms with E-state index in [4.69, 9.17) is 9.47 Å². The molecule has 0 saturated carbocycles. The Morgan fingerprint density at radius 3 is 2.19 bits per heavy atom. The quantitative estimate of drug-likeness (QED) is 0.326. The SMILES string of the molecule is COc1cc(OC)c(C(O)C2C=CC3C(=O)N(c4ccccc4)C(=O)C3N2Nc2ccccc2)cc1Br. The molecule has 0 aliphatic carbocycles. The first kappa shape index (κ1) is 25.0. The number of carbonyl (C=O) groups is 2. The molecule has 2 amide bonds. The molecule has 4 atom stereocenters. The van der Waals surface area contributed by atoms with Crippen LogP contribution >= 0.6 is 15.9 Å². The van der Waals surface area contributed by atoms with E-state index in [1.165, 1.54) is 12.0 Å². The van der Waals surface area contributed by atoms with Gasteiger partial charge in [0.25, 0.3) is 5.91 Å². The number of anilines is 2. The van der Waals surface area contributed by atoms with Crippen LogP contribution in [0.1, 0.15) is 11.7 Å². The molecule has 9 heteroatoms. The van der Waals surface area contributed by atoms with E-state index in [0.717, 1.165) is 5.69 Å². The lowest BCUT2D eigenvalue weighted by atomic mass is 9.90. The van der Waals surface area contributed by atoms with Gasteiger partial charge in [-0.1, -0.05) is 48.6 Å². The normalized spacial score (nSPS) is 22.1. The third kappa shape index (κ3) is 4.50. The highest BCUT2D eigenvalue weighted by atomic mass is 79.9. The molecule has 0 bridgehead atoms.